The number of fused-ring (bicyclic) bond motifs is 1. The van der Waals surface area contributed by atoms with Crippen molar-refractivity contribution in [2.75, 3.05) is 11.9 Å². The number of nitrogens with one attached hydrogen (secondary N) is 3. The number of imidazole rings is 1. The van der Waals surface area contributed by atoms with Crippen LogP contribution in [0.4, 0.5) is 23.7 Å². The Bertz CT molecular complexity index is 1190. The molecule has 198 valence electrons. The van der Waals surface area contributed by atoms with E-state index in [-0.39, 0.29) is 18.1 Å². The van der Waals surface area contributed by atoms with Gasteiger partial charge >= 0.3 is 18.2 Å². The number of benzene rings is 1. The van der Waals surface area contributed by atoms with Crippen molar-refractivity contribution in [1.82, 2.24) is 25.2 Å². The second-order valence-electron chi connectivity index (χ2n) is 9.29. The number of rotatable bonds is 4. The molecule has 12 heteroatoms. The van der Waals surface area contributed by atoms with Gasteiger partial charge in [-0.2, -0.15) is 13.2 Å². The summed E-state index contributed by atoms with van der Waals surface area (Å²) in [6.45, 7) is 2.90. The summed E-state index contributed by atoms with van der Waals surface area (Å²) in [4.78, 5) is 36.7. The van der Waals surface area contributed by atoms with Crippen molar-refractivity contribution < 1.29 is 27.9 Å². The molecule has 1 saturated heterocycles. The van der Waals surface area contributed by atoms with Gasteiger partial charge in [0.2, 0.25) is 0 Å². The van der Waals surface area contributed by atoms with E-state index in [4.69, 9.17) is 14.9 Å². The zero-order valence-electron chi connectivity index (χ0n) is 20.3. The van der Waals surface area contributed by atoms with Gasteiger partial charge in [0.25, 0.3) is 0 Å². The molecule has 3 aromatic rings. The van der Waals surface area contributed by atoms with E-state index in [1.807, 2.05) is 37.3 Å². The van der Waals surface area contributed by atoms with Gasteiger partial charge < -0.3 is 20.7 Å². The van der Waals surface area contributed by atoms with E-state index < -0.39 is 12.1 Å². The van der Waals surface area contributed by atoms with Gasteiger partial charge in [0.15, 0.2) is 0 Å². The SMILES string of the molecule is Cc1ccc(NC(=O)N[C@@H]2CCN(C3CCC3)[C@@H](c3nc4ccccc4[nH]3)C2)cn1.O=C(O)C(F)(F)F. The zero-order chi connectivity index (χ0) is 26.6. The maximum absolute atomic E-state index is 12.5. The summed E-state index contributed by atoms with van der Waals surface area (Å²) in [5.41, 5.74) is 3.71. The van der Waals surface area contributed by atoms with Crippen molar-refractivity contribution in [3.8, 4) is 0 Å². The first-order chi connectivity index (χ1) is 17.6. The lowest BCUT2D eigenvalue weighted by atomic mass is 9.86. The molecule has 3 heterocycles. The zero-order valence-corrected chi connectivity index (χ0v) is 20.3. The number of pyridine rings is 1. The quantitative estimate of drug-likeness (QED) is 0.394. The Kier molecular flexibility index (Phi) is 7.96. The highest BCUT2D eigenvalue weighted by Gasteiger charge is 2.39. The molecule has 0 bridgehead atoms. The number of H-pyrrole nitrogens is 1. The molecule has 2 atom stereocenters. The normalized spacial score (nSPS) is 20.4. The predicted octanol–water partition coefficient (Wildman–Crippen LogP) is 4.78. The number of anilines is 1. The van der Waals surface area contributed by atoms with Gasteiger partial charge in [-0.3, -0.25) is 9.88 Å². The second kappa shape index (κ2) is 11.2. The Hall–Kier alpha value is -3.67. The molecule has 4 N–H and O–H groups in total. The third-order valence-corrected chi connectivity index (χ3v) is 6.66. The van der Waals surface area contributed by atoms with Gasteiger partial charge in [0, 0.05) is 24.3 Å². The van der Waals surface area contributed by atoms with E-state index in [1.165, 1.54) is 19.3 Å². The fraction of sp³-hybridized carbons (Fsp3) is 0.440. The summed E-state index contributed by atoms with van der Waals surface area (Å²) in [6.07, 6.45) is 2.24. The van der Waals surface area contributed by atoms with Crippen LogP contribution in [-0.2, 0) is 4.79 Å². The maximum Gasteiger partial charge on any atom is 0.490 e. The largest absolute Gasteiger partial charge is 0.490 e. The fourth-order valence-electron chi connectivity index (χ4n) is 4.56. The van der Waals surface area contributed by atoms with Crippen molar-refractivity contribution in [2.24, 2.45) is 0 Å². The molecule has 1 aromatic carbocycles. The van der Waals surface area contributed by atoms with E-state index in [9.17, 15) is 18.0 Å². The molecular weight excluding hydrogens is 489 g/mol. The highest BCUT2D eigenvalue weighted by atomic mass is 19.4. The molecule has 0 radical (unpaired) electrons. The minimum Gasteiger partial charge on any atom is -0.475 e. The summed E-state index contributed by atoms with van der Waals surface area (Å²) in [5.74, 6) is -1.75. The van der Waals surface area contributed by atoms with Gasteiger partial charge in [0.05, 0.1) is 29.0 Å². The number of aryl methyl sites for hydroxylation is 1. The molecule has 5 rings (SSSR count). The Labute approximate surface area is 211 Å². The number of aromatic nitrogens is 3. The number of alkyl halides is 3. The number of hydrogen-bond donors (Lipinski definition) is 4. The van der Waals surface area contributed by atoms with E-state index in [1.54, 1.807) is 6.20 Å². The lowest BCUT2D eigenvalue weighted by Gasteiger charge is -2.46. The number of para-hydroxylation sites is 2. The Balaban J connectivity index is 0.000000405. The molecule has 2 amide bonds. The summed E-state index contributed by atoms with van der Waals surface area (Å²) in [7, 11) is 0. The molecule has 0 unspecified atom stereocenters. The van der Waals surface area contributed by atoms with E-state index >= 15 is 0 Å². The summed E-state index contributed by atoms with van der Waals surface area (Å²) in [6, 6.07) is 12.7. The van der Waals surface area contributed by atoms with Crippen molar-refractivity contribution in [3.05, 3.63) is 54.1 Å². The first-order valence-corrected chi connectivity index (χ1v) is 12.1. The third kappa shape index (κ3) is 6.76. The smallest absolute Gasteiger partial charge is 0.475 e. The number of aromatic amines is 1. The average Bonchev–Trinajstić information content (AvgIpc) is 3.24. The number of aliphatic carboxylic acids is 1. The summed E-state index contributed by atoms with van der Waals surface area (Å²) in [5, 5.41) is 13.2. The summed E-state index contributed by atoms with van der Waals surface area (Å²) < 4.78 is 31.7. The van der Waals surface area contributed by atoms with Crippen molar-refractivity contribution in [1.29, 1.82) is 0 Å². The number of carboxylic acid groups (broad SMARTS) is 1. The molecule has 1 aliphatic heterocycles. The van der Waals surface area contributed by atoms with Crippen LogP contribution in [0.1, 0.15) is 49.7 Å². The first-order valence-electron chi connectivity index (χ1n) is 12.1. The van der Waals surface area contributed by atoms with Crippen molar-refractivity contribution in [3.63, 3.8) is 0 Å². The molecule has 1 saturated carbocycles. The van der Waals surface area contributed by atoms with Crippen LogP contribution in [0.15, 0.2) is 42.6 Å². The maximum atomic E-state index is 12.5. The molecule has 9 nitrogen and oxygen atoms in total. The van der Waals surface area contributed by atoms with Crippen molar-refractivity contribution >= 4 is 28.7 Å². The number of piperidine rings is 1. The molecule has 0 spiro atoms. The number of amides is 2. The Morgan fingerprint density at radius 1 is 1.14 bits per heavy atom. The number of halogens is 3. The van der Waals surface area contributed by atoms with E-state index in [2.05, 4.69) is 31.6 Å². The van der Waals surface area contributed by atoms with E-state index in [0.717, 1.165) is 41.9 Å². The predicted molar refractivity (Wildman–Crippen MR) is 131 cm³/mol. The van der Waals surface area contributed by atoms with Crippen LogP contribution in [0.5, 0.6) is 0 Å². The molecular formula is C25H29F3N6O3. The minimum atomic E-state index is -5.08. The lowest BCUT2D eigenvalue weighted by Crippen LogP contribution is -2.52. The van der Waals surface area contributed by atoms with Crippen LogP contribution in [0, 0.1) is 6.92 Å². The first kappa shape index (κ1) is 26.4. The van der Waals surface area contributed by atoms with Crippen LogP contribution in [0.3, 0.4) is 0 Å². The van der Waals surface area contributed by atoms with Crippen LogP contribution in [-0.4, -0.2) is 61.8 Å². The van der Waals surface area contributed by atoms with Gasteiger partial charge in [-0.1, -0.05) is 18.6 Å². The molecule has 2 aromatic heterocycles. The molecule has 37 heavy (non-hydrogen) atoms. The van der Waals surface area contributed by atoms with Crippen LogP contribution in [0.25, 0.3) is 11.0 Å². The standard InChI is InChI=1S/C23H28N6O.C2HF3O2/c1-15-9-10-17(14-24-15)26-23(30)25-16-11-12-29(18-5-4-6-18)21(13-16)22-27-19-7-2-3-8-20(19)28-22;3-2(4,5)1(6)7/h2-3,7-10,14,16,18,21H,4-6,11-13H2,1H3,(H,27,28)(H2,25,26,30);(H,6,7)/t16-,21-;/m1./s1. The number of hydrogen-bond acceptors (Lipinski definition) is 5. The number of nitrogens with zero attached hydrogens (tertiary/aromatic N) is 3. The highest BCUT2D eigenvalue weighted by molar-refractivity contribution is 5.89. The second-order valence-corrected chi connectivity index (χ2v) is 9.29. The van der Waals surface area contributed by atoms with Gasteiger partial charge in [-0.15, -0.1) is 0 Å². The van der Waals surface area contributed by atoms with Crippen molar-refractivity contribution in [2.45, 2.75) is 63.3 Å². The highest BCUT2D eigenvalue weighted by Crippen LogP contribution is 2.38. The van der Waals surface area contributed by atoms with Crippen LogP contribution >= 0.6 is 0 Å². The minimum absolute atomic E-state index is 0.109. The Morgan fingerprint density at radius 3 is 2.46 bits per heavy atom. The molecule has 1 aliphatic carbocycles. The molecule has 2 aliphatic rings. The number of carboxylic acids is 1. The number of carbonyl (C=O) groups excluding carboxylic acids is 1. The summed E-state index contributed by atoms with van der Waals surface area (Å²) >= 11 is 0. The number of likely N-dealkylation sites (tertiary alicyclic amines) is 1. The van der Waals surface area contributed by atoms with Gasteiger partial charge in [-0.05, 0) is 56.9 Å². The van der Waals surface area contributed by atoms with Crippen LogP contribution in [0.2, 0.25) is 0 Å². The monoisotopic (exact) mass is 518 g/mol. The fourth-order valence-corrected chi connectivity index (χ4v) is 4.56. The third-order valence-electron chi connectivity index (χ3n) is 6.66. The number of urea groups is 1. The lowest BCUT2D eigenvalue weighted by molar-refractivity contribution is -0.192. The van der Waals surface area contributed by atoms with Crippen LogP contribution < -0.4 is 10.6 Å². The topological polar surface area (TPSA) is 123 Å². The van der Waals surface area contributed by atoms with Gasteiger partial charge in [-0.25, -0.2) is 14.6 Å². The van der Waals surface area contributed by atoms with Gasteiger partial charge in [0.1, 0.15) is 5.82 Å². The molecule has 2 fully saturated rings. The average molecular weight is 519 g/mol. The number of carbonyl (C=O) groups is 2. The Morgan fingerprint density at radius 2 is 1.86 bits per heavy atom. The van der Waals surface area contributed by atoms with E-state index in [0.29, 0.717) is 11.7 Å².